The van der Waals surface area contributed by atoms with Crippen LogP contribution in [-0.4, -0.2) is 28.0 Å². The van der Waals surface area contributed by atoms with E-state index in [2.05, 4.69) is 22.2 Å². The minimum atomic E-state index is 0.812. The summed E-state index contributed by atoms with van der Waals surface area (Å²) >= 11 is 0. The molecule has 0 spiro atoms. The van der Waals surface area contributed by atoms with E-state index >= 15 is 0 Å². The highest BCUT2D eigenvalue weighted by atomic mass is 16.5. The standard InChI is InChI=1S/C23H22N4O/c1-3-7-20(8-4-1)28-21-11-9-18(10-12-21)22-23-19(13-14-24-22)17-25-27(23)26-15-5-2-6-16-26/h1,3-4,7-14,17H,2,5-6,15-16H2. The van der Waals surface area contributed by atoms with E-state index in [4.69, 9.17) is 9.72 Å². The van der Waals surface area contributed by atoms with Gasteiger partial charge in [0.25, 0.3) is 0 Å². The Balaban J connectivity index is 1.49. The quantitative estimate of drug-likeness (QED) is 0.506. The summed E-state index contributed by atoms with van der Waals surface area (Å²) < 4.78 is 5.91. The summed E-state index contributed by atoms with van der Waals surface area (Å²) in [5.41, 5.74) is 3.08. The molecule has 0 aliphatic carbocycles. The lowest BCUT2D eigenvalue weighted by atomic mass is 10.1. The van der Waals surface area contributed by atoms with Crippen LogP contribution >= 0.6 is 0 Å². The maximum absolute atomic E-state index is 5.91. The van der Waals surface area contributed by atoms with Crippen molar-refractivity contribution in [1.29, 1.82) is 0 Å². The number of hydrogen-bond acceptors (Lipinski definition) is 4. The Labute approximate surface area is 164 Å². The summed E-state index contributed by atoms with van der Waals surface area (Å²) in [6.07, 6.45) is 7.50. The highest BCUT2D eigenvalue weighted by molar-refractivity contribution is 5.91. The van der Waals surface area contributed by atoms with E-state index in [9.17, 15) is 0 Å². The monoisotopic (exact) mass is 370 g/mol. The molecule has 0 bridgehead atoms. The summed E-state index contributed by atoms with van der Waals surface area (Å²) in [7, 11) is 0. The van der Waals surface area contributed by atoms with Crippen LogP contribution in [0.15, 0.2) is 73.1 Å². The zero-order valence-electron chi connectivity index (χ0n) is 15.7. The van der Waals surface area contributed by atoms with Gasteiger partial charge >= 0.3 is 0 Å². The highest BCUT2D eigenvalue weighted by Crippen LogP contribution is 2.29. The number of rotatable bonds is 4. The van der Waals surface area contributed by atoms with Crippen LogP contribution in [0.1, 0.15) is 19.3 Å². The lowest BCUT2D eigenvalue weighted by Gasteiger charge is -2.29. The fraction of sp³-hybridized carbons (Fsp3) is 0.217. The molecule has 28 heavy (non-hydrogen) atoms. The molecule has 0 N–H and O–H groups in total. The first-order valence-corrected chi connectivity index (χ1v) is 9.80. The predicted molar refractivity (Wildman–Crippen MR) is 111 cm³/mol. The van der Waals surface area contributed by atoms with E-state index in [0.717, 1.165) is 46.7 Å². The number of piperidine rings is 1. The van der Waals surface area contributed by atoms with Gasteiger partial charge in [0.15, 0.2) is 0 Å². The number of fused-ring (bicyclic) bond motifs is 1. The Morgan fingerprint density at radius 2 is 1.54 bits per heavy atom. The molecule has 0 unspecified atom stereocenters. The molecule has 1 aliphatic rings. The van der Waals surface area contributed by atoms with Gasteiger partial charge in [-0.15, -0.1) is 0 Å². The summed E-state index contributed by atoms with van der Waals surface area (Å²) in [5, 5.41) is 8.09. The third-order valence-corrected chi connectivity index (χ3v) is 5.17. The predicted octanol–water partition coefficient (Wildman–Crippen LogP) is 5.01. The summed E-state index contributed by atoms with van der Waals surface area (Å²) in [6, 6.07) is 20.0. The van der Waals surface area contributed by atoms with E-state index in [1.165, 1.54) is 19.3 Å². The summed E-state index contributed by atoms with van der Waals surface area (Å²) in [6.45, 7) is 2.07. The van der Waals surface area contributed by atoms with Crippen molar-refractivity contribution in [2.75, 3.05) is 18.1 Å². The van der Waals surface area contributed by atoms with Crippen LogP contribution in [0.25, 0.3) is 22.2 Å². The normalized spacial score (nSPS) is 14.4. The van der Waals surface area contributed by atoms with Crippen molar-refractivity contribution in [2.45, 2.75) is 19.3 Å². The second kappa shape index (κ2) is 7.35. The number of para-hydroxylation sites is 1. The Kier molecular flexibility index (Phi) is 4.41. The topological polar surface area (TPSA) is 43.2 Å². The minimum Gasteiger partial charge on any atom is -0.457 e. The smallest absolute Gasteiger partial charge is 0.127 e. The van der Waals surface area contributed by atoms with Gasteiger partial charge in [-0.05, 0) is 61.7 Å². The zero-order chi connectivity index (χ0) is 18.8. The fourth-order valence-electron chi connectivity index (χ4n) is 3.76. The fourth-order valence-corrected chi connectivity index (χ4v) is 3.76. The van der Waals surface area contributed by atoms with E-state index in [1.807, 2.05) is 65.7 Å². The van der Waals surface area contributed by atoms with Crippen LogP contribution in [0.5, 0.6) is 11.5 Å². The van der Waals surface area contributed by atoms with E-state index in [1.54, 1.807) is 0 Å². The second-order valence-corrected chi connectivity index (χ2v) is 7.09. The largest absolute Gasteiger partial charge is 0.457 e. The number of pyridine rings is 1. The average Bonchev–Trinajstić information content (AvgIpc) is 3.20. The molecule has 0 amide bonds. The molecular formula is C23H22N4O. The van der Waals surface area contributed by atoms with Crippen molar-refractivity contribution in [2.24, 2.45) is 0 Å². The van der Waals surface area contributed by atoms with Gasteiger partial charge in [0.1, 0.15) is 17.0 Å². The first-order valence-electron chi connectivity index (χ1n) is 9.80. The van der Waals surface area contributed by atoms with Gasteiger partial charge in [-0.2, -0.15) is 9.89 Å². The molecule has 1 saturated heterocycles. The number of hydrogen-bond donors (Lipinski definition) is 0. The molecular weight excluding hydrogens is 348 g/mol. The SMILES string of the molecule is c1ccc(Oc2ccc(-c3nccc4cnn(N5CCCCC5)c34)cc2)cc1. The first-order chi connectivity index (χ1) is 13.9. The molecule has 2 aromatic carbocycles. The van der Waals surface area contributed by atoms with Crippen LogP contribution in [0, 0.1) is 0 Å². The van der Waals surface area contributed by atoms with Crippen molar-refractivity contribution in [3.8, 4) is 22.8 Å². The van der Waals surface area contributed by atoms with Crippen LogP contribution in [0.3, 0.4) is 0 Å². The van der Waals surface area contributed by atoms with Crippen LogP contribution in [-0.2, 0) is 0 Å². The van der Waals surface area contributed by atoms with Crippen LogP contribution in [0.2, 0.25) is 0 Å². The highest BCUT2D eigenvalue weighted by Gasteiger charge is 2.17. The number of benzene rings is 2. The molecule has 5 rings (SSSR count). The third-order valence-electron chi connectivity index (χ3n) is 5.17. The van der Waals surface area contributed by atoms with Crippen molar-refractivity contribution >= 4 is 10.9 Å². The maximum atomic E-state index is 5.91. The van der Waals surface area contributed by atoms with Crippen LogP contribution < -0.4 is 9.75 Å². The average molecular weight is 370 g/mol. The lowest BCUT2D eigenvalue weighted by Crippen LogP contribution is -2.39. The van der Waals surface area contributed by atoms with Gasteiger partial charge in [-0.3, -0.25) is 9.99 Å². The Morgan fingerprint density at radius 1 is 0.786 bits per heavy atom. The van der Waals surface area contributed by atoms with Gasteiger partial charge in [-0.25, -0.2) is 0 Å². The molecule has 1 fully saturated rings. The molecule has 1 aliphatic heterocycles. The molecule has 140 valence electrons. The second-order valence-electron chi connectivity index (χ2n) is 7.09. The first kappa shape index (κ1) is 16.8. The van der Waals surface area contributed by atoms with E-state index in [0.29, 0.717) is 0 Å². The molecule has 3 heterocycles. The third kappa shape index (κ3) is 3.20. The van der Waals surface area contributed by atoms with Gasteiger partial charge in [0.2, 0.25) is 0 Å². The molecule has 0 saturated carbocycles. The zero-order valence-corrected chi connectivity index (χ0v) is 15.7. The minimum absolute atomic E-state index is 0.812. The van der Waals surface area contributed by atoms with Gasteiger partial charge in [0.05, 0.1) is 11.9 Å². The Morgan fingerprint density at radius 3 is 2.32 bits per heavy atom. The van der Waals surface area contributed by atoms with E-state index < -0.39 is 0 Å². The van der Waals surface area contributed by atoms with Crippen molar-refractivity contribution < 1.29 is 4.74 Å². The molecule has 5 nitrogen and oxygen atoms in total. The molecule has 4 aromatic rings. The summed E-state index contributed by atoms with van der Waals surface area (Å²) in [5.74, 6) is 1.64. The molecule has 5 heteroatoms. The molecule has 2 aromatic heterocycles. The molecule has 0 atom stereocenters. The number of aromatic nitrogens is 3. The van der Waals surface area contributed by atoms with Gasteiger partial charge in [0, 0.05) is 30.2 Å². The molecule has 0 radical (unpaired) electrons. The lowest BCUT2D eigenvalue weighted by molar-refractivity contribution is 0.458. The van der Waals surface area contributed by atoms with Crippen molar-refractivity contribution in [1.82, 2.24) is 14.9 Å². The van der Waals surface area contributed by atoms with Crippen LogP contribution in [0.4, 0.5) is 0 Å². The van der Waals surface area contributed by atoms with Crippen molar-refractivity contribution in [3.05, 3.63) is 73.1 Å². The summed E-state index contributed by atoms with van der Waals surface area (Å²) in [4.78, 5) is 6.74. The van der Waals surface area contributed by atoms with Crippen molar-refractivity contribution in [3.63, 3.8) is 0 Å². The number of nitrogens with zero attached hydrogens (tertiary/aromatic N) is 4. The van der Waals surface area contributed by atoms with Gasteiger partial charge < -0.3 is 4.74 Å². The maximum Gasteiger partial charge on any atom is 0.127 e. The Hall–Kier alpha value is -3.34. The van der Waals surface area contributed by atoms with E-state index in [-0.39, 0.29) is 0 Å². The van der Waals surface area contributed by atoms with Gasteiger partial charge in [-0.1, -0.05) is 18.2 Å². The number of ether oxygens (including phenoxy) is 1. The Bertz CT molecular complexity index is 1070.